The van der Waals surface area contributed by atoms with Crippen molar-refractivity contribution in [1.82, 2.24) is 19.6 Å². The highest BCUT2D eigenvalue weighted by atomic mass is 16.5. The number of aromatic nitrogens is 3. The Morgan fingerprint density at radius 1 is 0.894 bits per heavy atom. The fourth-order valence-corrected chi connectivity index (χ4v) is 7.55. The van der Waals surface area contributed by atoms with Gasteiger partial charge in [-0.2, -0.15) is 0 Å². The molecular formula is C39H58N4O4. The third-order valence-corrected chi connectivity index (χ3v) is 10.5. The highest BCUT2D eigenvalue weighted by Crippen LogP contribution is 2.33. The Kier molecular flexibility index (Phi) is 13.9. The van der Waals surface area contributed by atoms with Gasteiger partial charge in [0.05, 0.1) is 5.69 Å². The second-order valence-corrected chi connectivity index (χ2v) is 14.0. The number of esters is 1. The molecule has 0 aliphatic carbocycles. The molecule has 1 fully saturated rings. The van der Waals surface area contributed by atoms with E-state index in [2.05, 4.69) is 23.0 Å². The number of hydrogen-bond donors (Lipinski definition) is 0. The van der Waals surface area contributed by atoms with Gasteiger partial charge in [0.2, 0.25) is 0 Å². The predicted octanol–water partition coefficient (Wildman–Crippen LogP) is 8.97. The molecule has 1 saturated heterocycles. The van der Waals surface area contributed by atoms with Gasteiger partial charge in [0.15, 0.2) is 17.5 Å². The van der Waals surface area contributed by atoms with Crippen LogP contribution in [0.5, 0.6) is 0 Å². The molecule has 2 aliphatic heterocycles. The van der Waals surface area contributed by atoms with E-state index in [9.17, 15) is 9.59 Å². The van der Waals surface area contributed by atoms with E-state index in [-0.39, 0.29) is 11.5 Å². The molecule has 1 unspecified atom stereocenters. The number of benzene rings is 1. The highest BCUT2D eigenvalue weighted by Gasteiger charge is 2.29. The summed E-state index contributed by atoms with van der Waals surface area (Å²) in [5.74, 6) is 0.864. The molecule has 47 heavy (non-hydrogen) atoms. The minimum Gasteiger partial charge on any atom is -0.454 e. The first-order valence-electron chi connectivity index (χ1n) is 18.9. The Hall–Kier alpha value is -3.00. The van der Waals surface area contributed by atoms with Gasteiger partial charge in [-0.3, -0.25) is 14.2 Å². The van der Waals surface area contributed by atoms with E-state index in [0.717, 1.165) is 86.1 Å². The van der Waals surface area contributed by atoms with E-state index in [1.807, 2.05) is 25.1 Å². The zero-order valence-corrected chi connectivity index (χ0v) is 29.1. The molecule has 1 atom stereocenters. The molecule has 8 nitrogen and oxygen atoms in total. The molecule has 2 aliphatic rings. The van der Waals surface area contributed by atoms with Crippen LogP contribution in [0, 0.1) is 6.92 Å². The smallest absolute Gasteiger partial charge is 0.306 e. The molecule has 0 bridgehead atoms. The Labute approximate surface area is 281 Å². The Balaban J connectivity index is 1.01. The van der Waals surface area contributed by atoms with E-state index in [0.29, 0.717) is 31.1 Å². The maximum Gasteiger partial charge on any atom is 0.306 e. The van der Waals surface area contributed by atoms with Crippen LogP contribution in [0.3, 0.4) is 0 Å². The largest absolute Gasteiger partial charge is 0.454 e. The molecule has 258 valence electrons. The standard InChI is InChI=1S/C39H58N4O4/c1-3-4-5-6-7-8-9-10-11-12-13-14-15-22-36(44)46-35-21-18-26-43-38(35)40-30(2)32(39(43)45)25-29-42-27-23-31(24-28-42)37-33-19-16-17-20-34(33)47-41-37/h16-17,19-20,31,35H,3-15,18,21-29H2,1-2H3. The first-order chi connectivity index (χ1) is 23.0. The number of rotatable bonds is 19. The normalized spacial score (nSPS) is 17.3. The topological polar surface area (TPSA) is 90.5 Å². The van der Waals surface area contributed by atoms with Crippen molar-refractivity contribution in [2.24, 2.45) is 0 Å². The average Bonchev–Trinajstić information content (AvgIpc) is 3.52. The van der Waals surface area contributed by atoms with E-state index in [4.69, 9.17) is 14.2 Å². The second kappa shape index (κ2) is 18.5. The van der Waals surface area contributed by atoms with Gasteiger partial charge >= 0.3 is 5.97 Å². The first-order valence-corrected chi connectivity index (χ1v) is 18.9. The van der Waals surface area contributed by atoms with Crippen molar-refractivity contribution >= 4 is 16.9 Å². The lowest BCUT2D eigenvalue weighted by Gasteiger charge is -2.31. The fourth-order valence-electron chi connectivity index (χ4n) is 7.55. The predicted molar refractivity (Wildman–Crippen MR) is 188 cm³/mol. The summed E-state index contributed by atoms with van der Waals surface area (Å²) in [6.07, 6.45) is 21.0. The lowest BCUT2D eigenvalue weighted by molar-refractivity contribution is -0.151. The summed E-state index contributed by atoms with van der Waals surface area (Å²) in [7, 11) is 0. The van der Waals surface area contributed by atoms with Crippen LogP contribution in [-0.2, 0) is 22.5 Å². The summed E-state index contributed by atoms with van der Waals surface area (Å²) in [5, 5.41) is 5.51. The lowest BCUT2D eigenvalue weighted by Crippen LogP contribution is -2.38. The van der Waals surface area contributed by atoms with Gasteiger partial charge in [-0.25, -0.2) is 4.98 Å². The van der Waals surface area contributed by atoms with Crippen LogP contribution in [0.25, 0.3) is 11.0 Å². The molecule has 0 N–H and O–H groups in total. The Bertz CT molecular complexity index is 1450. The molecule has 1 aromatic carbocycles. The van der Waals surface area contributed by atoms with Crippen molar-refractivity contribution in [3.8, 4) is 0 Å². The molecule has 4 heterocycles. The van der Waals surface area contributed by atoms with Gasteiger partial charge in [0.25, 0.3) is 5.56 Å². The van der Waals surface area contributed by atoms with Crippen molar-refractivity contribution in [2.75, 3.05) is 19.6 Å². The summed E-state index contributed by atoms with van der Waals surface area (Å²) in [5.41, 5.74) is 3.52. The minimum atomic E-state index is -0.426. The zero-order valence-electron chi connectivity index (χ0n) is 29.1. The second-order valence-electron chi connectivity index (χ2n) is 14.0. The molecule has 0 amide bonds. The summed E-state index contributed by atoms with van der Waals surface area (Å²) in [6.45, 7) is 7.62. The lowest BCUT2D eigenvalue weighted by atomic mass is 9.91. The monoisotopic (exact) mass is 646 g/mol. The quantitative estimate of drug-likeness (QED) is 0.0948. The van der Waals surface area contributed by atoms with Gasteiger partial charge in [-0.05, 0) is 70.7 Å². The fraction of sp³-hybridized carbons (Fsp3) is 0.692. The molecule has 8 heteroatoms. The average molecular weight is 647 g/mol. The third-order valence-electron chi connectivity index (χ3n) is 10.5. The number of para-hydroxylation sites is 1. The molecule has 0 radical (unpaired) electrons. The Morgan fingerprint density at radius 3 is 2.26 bits per heavy atom. The molecule has 0 spiro atoms. The van der Waals surface area contributed by atoms with Gasteiger partial charge in [0.1, 0.15) is 0 Å². The summed E-state index contributed by atoms with van der Waals surface area (Å²) < 4.78 is 13.2. The summed E-state index contributed by atoms with van der Waals surface area (Å²) in [6, 6.07) is 8.09. The number of likely N-dealkylation sites (tertiary alicyclic amines) is 1. The maximum atomic E-state index is 13.6. The molecule has 2 aromatic heterocycles. The van der Waals surface area contributed by atoms with Gasteiger partial charge in [0, 0.05) is 42.1 Å². The number of unbranched alkanes of at least 4 members (excludes halogenated alkanes) is 12. The van der Waals surface area contributed by atoms with Crippen LogP contribution in [0.2, 0.25) is 0 Å². The third kappa shape index (κ3) is 10.0. The molecule has 3 aromatic rings. The number of ether oxygens (including phenoxy) is 1. The van der Waals surface area contributed by atoms with Gasteiger partial charge in [-0.1, -0.05) is 101 Å². The zero-order chi connectivity index (χ0) is 32.8. The Morgan fingerprint density at radius 2 is 1.55 bits per heavy atom. The molecular weight excluding hydrogens is 588 g/mol. The van der Waals surface area contributed by atoms with Crippen LogP contribution >= 0.6 is 0 Å². The van der Waals surface area contributed by atoms with Crippen molar-refractivity contribution in [1.29, 1.82) is 0 Å². The van der Waals surface area contributed by atoms with Crippen molar-refractivity contribution in [2.45, 2.75) is 154 Å². The number of fused-ring (bicyclic) bond motifs is 2. The number of aryl methyl sites for hydroxylation is 1. The number of hydrogen-bond acceptors (Lipinski definition) is 7. The summed E-state index contributed by atoms with van der Waals surface area (Å²) >= 11 is 0. The number of nitrogens with zero attached hydrogens (tertiary/aromatic N) is 4. The van der Waals surface area contributed by atoms with Crippen LogP contribution < -0.4 is 5.56 Å². The van der Waals surface area contributed by atoms with Crippen LogP contribution in [0.1, 0.15) is 157 Å². The SMILES string of the molecule is CCCCCCCCCCCCCCCC(=O)OC1CCCn2c1nc(C)c(CCN1CCC(c3noc4ccccc34)CC1)c2=O. The van der Waals surface area contributed by atoms with Gasteiger partial charge in [-0.15, -0.1) is 0 Å². The van der Waals surface area contributed by atoms with E-state index >= 15 is 0 Å². The van der Waals surface area contributed by atoms with Crippen LogP contribution in [-0.4, -0.2) is 45.2 Å². The first kappa shape index (κ1) is 35.3. The number of piperidine rings is 1. The highest BCUT2D eigenvalue weighted by molar-refractivity contribution is 5.79. The van der Waals surface area contributed by atoms with E-state index in [1.165, 1.54) is 70.6 Å². The summed E-state index contributed by atoms with van der Waals surface area (Å²) in [4.78, 5) is 33.7. The number of carbonyl (C=O) groups excluding carboxylic acids is 1. The van der Waals surface area contributed by atoms with Crippen molar-refractivity contribution in [3.63, 3.8) is 0 Å². The number of carbonyl (C=O) groups is 1. The molecule has 5 rings (SSSR count). The van der Waals surface area contributed by atoms with Crippen molar-refractivity contribution < 1.29 is 14.1 Å². The maximum absolute atomic E-state index is 13.6. The van der Waals surface area contributed by atoms with Crippen molar-refractivity contribution in [3.05, 3.63) is 57.4 Å². The minimum absolute atomic E-state index is 0.0358. The van der Waals surface area contributed by atoms with Gasteiger partial charge < -0.3 is 14.2 Å². The molecule has 0 saturated carbocycles. The van der Waals surface area contributed by atoms with E-state index in [1.54, 1.807) is 4.57 Å². The van der Waals surface area contributed by atoms with E-state index < -0.39 is 6.10 Å². The van der Waals surface area contributed by atoms with Crippen LogP contribution in [0.4, 0.5) is 0 Å². The van der Waals surface area contributed by atoms with Crippen LogP contribution in [0.15, 0.2) is 33.6 Å².